The van der Waals surface area contributed by atoms with Crippen LogP contribution in [0.3, 0.4) is 0 Å². The van der Waals surface area contributed by atoms with Crippen molar-refractivity contribution in [3.05, 3.63) is 44.4 Å². The molecule has 9 nitrogen and oxygen atoms in total. The van der Waals surface area contributed by atoms with E-state index in [1.807, 2.05) is 0 Å². The topological polar surface area (TPSA) is 124 Å². The van der Waals surface area contributed by atoms with Gasteiger partial charge in [0.2, 0.25) is 5.13 Å². The van der Waals surface area contributed by atoms with Gasteiger partial charge in [-0.05, 0) is 13.0 Å². The second-order valence-electron chi connectivity index (χ2n) is 4.10. The zero-order valence-electron chi connectivity index (χ0n) is 11.5. The van der Waals surface area contributed by atoms with E-state index in [0.29, 0.717) is 5.01 Å². The zero-order valence-corrected chi connectivity index (χ0v) is 12.3. The summed E-state index contributed by atoms with van der Waals surface area (Å²) in [6, 6.07) is 3.31. The highest BCUT2D eigenvalue weighted by molar-refractivity contribution is 7.15. The molecule has 0 aliphatic carbocycles. The van der Waals surface area contributed by atoms with E-state index in [2.05, 4.69) is 20.3 Å². The van der Waals surface area contributed by atoms with E-state index in [-0.39, 0.29) is 21.9 Å². The monoisotopic (exact) mass is 322 g/mol. The second kappa shape index (κ2) is 6.26. The van der Waals surface area contributed by atoms with Crippen LogP contribution < -0.4 is 5.32 Å². The van der Waals surface area contributed by atoms with Gasteiger partial charge in [-0.15, -0.1) is 10.2 Å². The third-order valence-electron chi connectivity index (χ3n) is 2.56. The molecule has 1 amide bonds. The fourth-order valence-electron chi connectivity index (χ4n) is 1.60. The van der Waals surface area contributed by atoms with Crippen LogP contribution in [0.5, 0.6) is 0 Å². The molecule has 0 aliphatic rings. The molecule has 0 spiro atoms. The number of non-ortho nitro benzene ring substituents is 1. The largest absolute Gasteiger partial charge is 0.465 e. The van der Waals surface area contributed by atoms with E-state index in [0.717, 1.165) is 30.6 Å². The predicted octanol–water partition coefficient (Wildman–Crippen LogP) is 1.79. The van der Waals surface area contributed by atoms with Crippen molar-refractivity contribution in [2.45, 2.75) is 6.92 Å². The number of nitro groups is 1. The predicted molar refractivity (Wildman–Crippen MR) is 77.0 cm³/mol. The Hall–Kier alpha value is -2.88. The van der Waals surface area contributed by atoms with Crippen LogP contribution in [0.15, 0.2) is 18.2 Å². The Kier molecular flexibility index (Phi) is 4.41. The Labute approximate surface area is 128 Å². The number of nitrogens with one attached hydrogen (secondary N) is 1. The lowest BCUT2D eigenvalue weighted by atomic mass is 10.1. The lowest BCUT2D eigenvalue weighted by Crippen LogP contribution is -2.14. The molecule has 2 aromatic rings. The van der Waals surface area contributed by atoms with Crippen LogP contribution in [0.25, 0.3) is 0 Å². The van der Waals surface area contributed by atoms with Crippen LogP contribution in [0, 0.1) is 17.0 Å². The number of aromatic nitrogens is 2. The normalized spacial score (nSPS) is 10.1. The first-order valence-corrected chi connectivity index (χ1v) is 6.71. The Balaban J connectivity index is 2.36. The number of amides is 1. The van der Waals surface area contributed by atoms with E-state index in [4.69, 9.17) is 0 Å². The number of hydrogen-bond acceptors (Lipinski definition) is 8. The van der Waals surface area contributed by atoms with Crippen molar-refractivity contribution in [1.29, 1.82) is 0 Å². The van der Waals surface area contributed by atoms with E-state index in [9.17, 15) is 19.7 Å². The average molecular weight is 322 g/mol. The van der Waals surface area contributed by atoms with Gasteiger partial charge < -0.3 is 4.74 Å². The Bertz CT molecular complexity index is 758. The highest BCUT2D eigenvalue weighted by Crippen LogP contribution is 2.20. The van der Waals surface area contributed by atoms with Crippen molar-refractivity contribution >= 4 is 34.0 Å². The molecule has 0 unspecified atom stereocenters. The Morgan fingerprint density at radius 2 is 1.95 bits per heavy atom. The number of carbonyl (C=O) groups is 2. The van der Waals surface area contributed by atoms with Crippen molar-refractivity contribution in [1.82, 2.24) is 10.2 Å². The average Bonchev–Trinajstić information content (AvgIpc) is 2.90. The summed E-state index contributed by atoms with van der Waals surface area (Å²) in [5.41, 5.74) is -0.528. The van der Waals surface area contributed by atoms with Gasteiger partial charge in [-0.1, -0.05) is 11.3 Å². The summed E-state index contributed by atoms with van der Waals surface area (Å²) in [4.78, 5) is 33.8. The maximum atomic E-state index is 12.1. The molecule has 114 valence electrons. The van der Waals surface area contributed by atoms with Gasteiger partial charge >= 0.3 is 5.97 Å². The van der Waals surface area contributed by atoms with Gasteiger partial charge in [0.25, 0.3) is 11.6 Å². The van der Waals surface area contributed by atoms with E-state index in [1.165, 1.54) is 6.07 Å². The summed E-state index contributed by atoms with van der Waals surface area (Å²) in [6.45, 7) is 1.72. The summed E-state index contributed by atoms with van der Waals surface area (Å²) in [6.07, 6.45) is 0. The summed E-state index contributed by atoms with van der Waals surface area (Å²) >= 11 is 1.16. The smallest absolute Gasteiger partial charge is 0.338 e. The Morgan fingerprint density at radius 1 is 1.27 bits per heavy atom. The maximum Gasteiger partial charge on any atom is 0.338 e. The fraction of sp³-hybridized carbons (Fsp3) is 0.167. The molecule has 22 heavy (non-hydrogen) atoms. The molecule has 1 aromatic carbocycles. The van der Waals surface area contributed by atoms with Crippen molar-refractivity contribution in [2.75, 3.05) is 12.4 Å². The molecule has 0 saturated carbocycles. The van der Waals surface area contributed by atoms with Gasteiger partial charge in [0.15, 0.2) is 0 Å². The number of hydrogen-bond donors (Lipinski definition) is 1. The number of esters is 1. The fourth-order valence-corrected chi connectivity index (χ4v) is 2.19. The van der Waals surface area contributed by atoms with Crippen LogP contribution in [-0.4, -0.2) is 34.1 Å². The minimum atomic E-state index is -0.774. The number of ether oxygens (including phenoxy) is 1. The highest BCUT2D eigenvalue weighted by atomic mass is 32.1. The molecule has 1 heterocycles. The van der Waals surface area contributed by atoms with Gasteiger partial charge in [-0.2, -0.15) is 0 Å². The molecule has 0 aliphatic heterocycles. The first-order chi connectivity index (χ1) is 10.4. The van der Waals surface area contributed by atoms with E-state index >= 15 is 0 Å². The minimum absolute atomic E-state index is 0.0533. The number of methoxy groups -OCH3 is 1. The molecular weight excluding hydrogens is 312 g/mol. The number of carbonyl (C=O) groups excluding carboxylic acids is 2. The van der Waals surface area contributed by atoms with Crippen molar-refractivity contribution in [3.63, 3.8) is 0 Å². The standard InChI is InChI=1S/C12H10N4O5S/c1-6-14-15-12(22-6)13-10(17)7-3-8(11(18)21-2)5-9(4-7)16(19)20/h3-5H,1-2H3,(H,13,15,17). The number of benzene rings is 1. The summed E-state index contributed by atoms with van der Waals surface area (Å²) in [5, 5.41) is 21.7. The van der Waals surface area contributed by atoms with Gasteiger partial charge in [0, 0.05) is 17.7 Å². The van der Waals surface area contributed by atoms with Crippen molar-refractivity contribution in [3.8, 4) is 0 Å². The molecule has 0 radical (unpaired) electrons. The van der Waals surface area contributed by atoms with Crippen molar-refractivity contribution < 1.29 is 19.2 Å². The molecule has 0 saturated heterocycles. The number of anilines is 1. The third kappa shape index (κ3) is 3.41. The van der Waals surface area contributed by atoms with Gasteiger partial charge in [-0.3, -0.25) is 20.2 Å². The van der Waals surface area contributed by atoms with Crippen LogP contribution in [-0.2, 0) is 4.74 Å². The summed E-state index contributed by atoms with van der Waals surface area (Å²) in [5.74, 6) is -1.41. The second-order valence-corrected chi connectivity index (χ2v) is 5.28. The lowest BCUT2D eigenvalue weighted by molar-refractivity contribution is -0.384. The molecule has 1 aromatic heterocycles. The molecular formula is C12H10N4O5S. The maximum absolute atomic E-state index is 12.1. The van der Waals surface area contributed by atoms with Gasteiger partial charge in [0.05, 0.1) is 17.6 Å². The molecule has 0 fully saturated rings. The third-order valence-corrected chi connectivity index (χ3v) is 3.31. The molecule has 10 heteroatoms. The van der Waals surface area contributed by atoms with E-state index < -0.39 is 16.8 Å². The van der Waals surface area contributed by atoms with Crippen LogP contribution >= 0.6 is 11.3 Å². The molecule has 0 bridgehead atoms. The first-order valence-electron chi connectivity index (χ1n) is 5.90. The quantitative estimate of drug-likeness (QED) is 0.517. The summed E-state index contributed by atoms with van der Waals surface area (Å²) in [7, 11) is 1.14. The summed E-state index contributed by atoms with van der Waals surface area (Å²) < 4.78 is 4.51. The van der Waals surface area contributed by atoms with Crippen molar-refractivity contribution in [2.24, 2.45) is 0 Å². The van der Waals surface area contributed by atoms with Crippen LogP contribution in [0.2, 0.25) is 0 Å². The number of nitrogens with zero attached hydrogens (tertiary/aromatic N) is 3. The van der Waals surface area contributed by atoms with E-state index in [1.54, 1.807) is 6.92 Å². The number of aryl methyl sites for hydroxylation is 1. The molecule has 1 N–H and O–H groups in total. The lowest BCUT2D eigenvalue weighted by Gasteiger charge is -2.04. The highest BCUT2D eigenvalue weighted by Gasteiger charge is 2.19. The number of nitro benzene ring substituents is 1. The minimum Gasteiger partial charge on any atom is -0.465 e. The number of rotatable bonds is 4. The van der Waals surface area contributed by atoms with Gasteiger partial charge in [-0.25, -0.2) is 4.79 Å². The van der Waals surface area contributed by atoms with Gasteiger partial charge in [0.1, 0.15) is 5.01 Å². The van der Waals surface area contributed by atoms with Crippen LogP contribution in [0.4, 0.5) is 10.8 Å². The molecule has 0 atom stereocenters. The first kappa shape index (κ1) is 15.5. The Morgan fingerprint density at radius 3 is 2.50 bits per heavy atom. The van der Waals surface area contributed by atoms with Crippen LogP contribution in [0.1, 0.15) is 25.7 Å². The zero-order chi connectivity index (χ0) is 16.3. The molecule has 2 rings (SSSR count). The SMILES string of the molecule is COC(=O)c1cc(C(=O)Nc2nnc(C)s2)cc([N+](=O)[O-])c1.